The van der Waals surface area contributed by atoms with Gasteiger partial charge in [0.2, 0.25) is 0 Å². The fourth-order valence-electron chi connectivity index (χ4n) is 1.82. The summed E-state index contributed by atoms with van der Waals surface area (Å²) in [5, 5.41) is -0.355. The number of ether oxygens (including phenoxy) is 1. The van der Waals surface area contributed by atoms with Crippen LogP contribution < -0.4 is 4.74 Å². The molecule has 2 aromatic carbocycles. The number of halogens is 4. The van der Waals surface area contributed by atoms with Gasteiger partial charge in [0, 0.05) is 10.9 Å². The summed E-state index contributed by atoms with van der Waals surface area (Å²) in [5.74, 6) is -1.64. The van der Waals surface area contributed by atoms with E-state index in [-0.39, 0.29) is 17.0 Å². The van der Waals surface area contributed by atoms with Crippen LogP contribution in [0.15, 0.2) is 34.8 Å². The van der Waals surface area contributed by atoms with E-state index >= 15 is 0 Å². The average molecular weight is 376 g/mol. The third kappa shape index (κ3) is 3.60. The molecule has 0 amide bonds. The molecule has 2 nitrogen and oxygen atoms in total. The number of carbonyl (C=O) groups is 1. The standard InChI is InChI=1S/C15H10BrClF2O2/c1-21-9-2-3-11(16)8(4-9)5-15(20)10-6-14(19)12(17)7-13(10)18/h2-4,6-7H,5H2,1H3. The van der Waals surface area contributed by atoms with Crippen LogP contribution in [0.5, 0.6) is 5.75 Å². The number of hydrogen-bond acceptors (Lipinski definition) is 2. The lowest BCUT2D eigenvalue weighted by molar-refractivity contribution is 0.0988. The number of carbonyl (C=O) groups excluding carboxylic acids is 1. The van der Waals surface area contributed by atoms with E-state index in [1.165, 1.54) is 7.11 Å². The molecule has 0 heterocycles. The molecule has 21 heavy (non-hydrogen) atoms. The summed E-state index contributed by atoms with van der Waals surface area (Å²) in [7, 11) is 1.50. The second-order valence-electron chi connectivity index (χ2n) is 4.30. The van der Waals surface area contributed by atoms with Gasteiger partial charge >= 0.3 is 0 Å². The minimum atomic E-state index is -0.842. The van der Waals surface area contributed by atoms with Crippen molar-refractivity contribution < 1.29 is 18.3 Å². The first-order valence-corrected chi connectivity index (χ1v) is 7.09. The number of ketones is 1. The van der Waals surface area contributed by atoms with E-state index in [1.54, 1.807) is 18.2 Å². The highest BCUT2D eigenvalue weighted by molar-refractivity contribution is 9.10. The summed E-state index contributed by atoms with van der Waals surface area (Å²) in [6.07, 6.45) is -0.0875. The average Bonchev–Trinajstić information content (AvgIpc) is 2.45. The van der Waals surface area contributed by atoms with Crippen LogP contribution in [0, 0.1) is 11.6 Å². The van der Waals surface area contributed by atoms with Crippen molar-refractivity contribution in [1.82, 2.24) is 0 Å². The van der Waals surface area contributed by atoms with Crippen molar-refractivity contribution in [2.45, 2.75) is 6.42 Å². The van der Waals surface area contributed by atoms with Gasteiger partial charge in [-0.05, 0) is 35.9 Å². The second-order valence-corrected chi connectivity index (χ2v) is 5.56. The molecular formula is C15H10BrClF2O2. The molecule has 0 N–H and O–H groups in total. The molecule has 2 aromatic rings. The van der Waals surface area contributed by atoms with Crippen LogP contribution in [0.4, 0.5) is 8.78 Å². The second kappa shape index (κ2) is 6.54. The first-order chi connectivity index (χ1) is 9.92. The molecule has 0 saturated heterocycles. The van der Waals surface area contributed by atoms with E-state index in [9.17, 15) is 13.6 Å². The normalized spacial score (nSPS) is 10.5. The highest BCUT2D eigenvalue weighted by atomic mass is 79.9. The molecule has 0 aliphatic carbocycles. The summed E-state index contributed by atoms with van der Waals surface area (Å²) >= 11 is 8.77. The predicted octanol–water partition coefficient (Wildman–Crippen LogP) is 4.81. The Kier molecular flexibility index (Phi) is 4.96. The number of hydrogen-bond donors (Lipinski definition) is 0. The highest BCUT2D eigenvalue weighted by Gasteiger charge is 2.17. The zero-order valence-electron chi connectivity index (χ0n) is 10.9. The van der Waals surface area contributed by atoms with Gasteiger partial charge in [0.1, 0.15) is 17.4 Å². The molecule has 0 unspecified atom stereocenters. The van der Waals surface area contributed by atoms with Crippen LogP contribution in [-0.2, 0) is 6.42 Å². The Bertz CT molecular complexity index is 704. The third-order valence-electron chi connectivity index (χ3n) is 2.91. The molecule has 0 bridgehead atoms. The highest BCUT2D eigenvalue weighted by Crippen LogP contribution is 2.25. The first kappa shape index (κ1) is 15.9. The van der Waals surface area contributed by atoms with E-state index < -0.39 is 17.4 Å². The fraction of sp³-hybridized carbons (Fsp3) is 0.133. The van der Waals surface area contributed by atoms with Crippen LogP contribution in [0.25, 0.3) is 0 Å². The van der Waals surface area contributed by atoms with Crippen LogP contribution in [0.3, 0.4) is 0 Å². The van der Waals surface area contributed by atoms with Crippen molar-refractivity contribution in [3.05, 3.63) is 62.6 Å². The van der Waals surface area contributed by atoms with Crippen LogP contribution in [-0.4, -0.2) is 12.9 Å². The Morgan fingerprint density at radius 2 is 1.95 bits per heavy atom. The van der Waals surface area contributed by atoms with Crippen molar-refractivity contribution in [2.75, 3.05) is 7.11 Å². The zero-order valence-corrected chi connectivity index (χ0v) is 13.3. The van der Waals surface area contributed by atoms with Crippen LogP contribution in [0.1, 0.15) is 15.9 Å². The van der Waals surface area contributed by atoms with Gasteiger partial charge in [0.15, 0.2) is 5.78 Å². The van der Waals surface area contributed by atoms with Gasteiger partial charge in [-0.25, -0.2) is 8.78 Å². The molecule has 0 atom stereocenters. The van der Waals surface area contributed by atoms with Gasteiger partial charge < -0.3 is 4.74 Å². The molecule has 0 aliphatic heterocycles. The van der Waals surface area contributed by atoms with Gasteiger partial charge in [-0.1, -0.05) is 27.5 Å². The van der Waals surface area contributed by atoms with Crippen LogP contribution in [0.2, 0.25) is 5.02 Å². The van der Waals surface area contributed by atoms with Gasteiger partial charge in [-0.2, -0.15) is 0 Å². The zero-order chi connectivity index (χ0) is 15.6. The van der Waals surface area contributed by atoms with E-state index in [4.69, 9.17) is 16.3 Å². The molecular weight excluding hydrogens is 366 g/mol. The molecule has 0 spiro atoms. The molecule has 0 aliphatic rings. The monoisotopic (exact) mass is 374 g/mol. The van der Waals surface area contributed by atoms with Gasteiger partial charge in [0.05, 0.1) is 17.7 Å². The number of benzene rings is 2. The molecule has 0 radical (unpaired) electrons. The summed E-state index contributed by atoms with van der Waals surface area (Å²) < 4.78 is 32.9. The first-order valence-electron chi connectivity index (χ1n) is 5.92. The Balaban J connectivity index is 2.32. The Morgan fingerprint density at radius 1 is 1.24 bits per heavy atom. The van der Waals surface area contributed by atoms with E-state index in [0.29, 0.717) is 15.8 Å². The minimum absolute atomic E-state index is 0.0875. The topological polar surface area (TPSA) is 26.3 Å². The minimum Gasteiger partial charge on any atom is -0.497 e. The van der Waals surface area contributed by atoms with Gasteiger partial charge in [0.25, 0.3) is 0 Å². The quantitative estimate of drug-likeness (QED) is 0.566. The number of rotatable bonds is 4. The smallest absolute Gasteiger partial charge is 0.170 e. The van der Waals surface area contributed by atoms with Crippen LogP contribution >= 0.6 is 27.5 Å². The summed E-state index contributed by atoms with van der Waals surface area (Å²) in [6, 6.07) is 6.71. The maximum absolute atomic E-state index is 13.7. The fourth-order valence-corrected chi connectivity index (χ4v) is 2.36. The van der Waals surface area contributed by atoms with E-state index in [0.717, 1.165) is 12.1 Å². The Hall–Kier alpha value is -1.46. The molecule has 0 saturated carbocycles. The van der Waals surface area contributed by atoms with Gasteiger partial charge in [-0.3, -0.25) is 4.79 Å². The Labute approximate surface area is 133 Å². The largest absolute Gasteiger partial charge is 0.497 e. The summed E-state index contributed by atoms with van der Waals surface area (Å²) in [5.41, 5.74) is 0.292. The van der Waals surface area contributed by atoms with Crippen molar-refractivity contribution in [3.63, 3.8) is 0 Å². The summed E-state index contributed by atoms with van der Waals surface area (Å²) in [6.45, 7) is 0. The van der Waals surface area contributed by atoms with Crippen molar-refractivity contribution in [3.8, 4) is 5.75 Å². The lowest BCUT2D eigenvalue weighted by atomic mass is 10.0. The molecule has 0 fully saturated rings. The van der Waals surface area contributed by atoms with Crippen molar-refractivity contribution in [2.24, 2.45) is 0 Å². The molecule has 6 heteroatoms. The molecule has 0 aromatic heterocycles. The van der Waals surface area contributed by atoms with E-state index in [2.05, 4.69) is 15.9 Å². The third-order valence-corrected chi connectivity index (χ3v) is 3.98. The van der Waals surface area contributed by atoms with E-state index in [1.807, 2.05) is 0 Å². The number of Topliss-reactive ketones (excluding diaryl/α,β-unsaturated/α-hetero) is 1. The maximum atomic E-state index is 13.7. The molecule has 2 rings (SSSR count). The lowest BCUT2D eigenvalue weighted by Crippen LogP contribution is -2.08. The van der Waals surface area contributed by atoms with Crippen molar-refractivity contribution >= 4 is 33.3 Å². The molecule has 110 valence electrons. The van der Waals surface area contributed by atoms with Gasteiger partial charge in [-0.15, -0.1) is 0 Å². The number of methoxy groups -OCH3 is 1. The SMILES string of the molecule is COc1ccc(Br)c(CC(=O)c2cc(F)c(Cl)cc2F)c1. The Morgan fingerprint density at radius 3 is 2.62 bits per heavy atom. The predicted molar refractivity (Wildman–Crippen MR) is 80.1 cm³/mol. The van der Waals surface area contributed by atoms with Crippen molar-refractivity contribution in [1.29, 1.82) is 0 Å². The maximum Gasteiger partial charge on any atom is 0.170 e. The lowest BCUT2D eigenvalue weighted by Gasteiger charge is -2.08. The summed E-state index contributed by atoms with van der Waals surface area (Å²) in [4.78, 5) is 12.1.